The number of carboxylic acids is 1. The molecular weight excluding hydrogens is 374 g/mol. The van der Waals surface area contributed by atoms with Crippen molar-refractivity contribution in [2.45, 2.75) is 26.3 Å². The van der Waals surface area contributed by atoms with E-state index in [1.165, 1.54) is 17.0 Å². The molecule has 2 amide bonds. The molecule has 0 fully saturated rings. The Hall–Kier alpha value is -3.42. The van der Waals surface area contributed by atoms with Crippen molar-refractivity contribution in [2.75, 3.05) is 20.7 Å². The third-order valence-electron chi connectivity index (χ3n) is 4.41. The van der Waals surface area contributed by atoms with E-state index in [0.29, 0.717) is 12.2 Å². The molecule has 29 heavy (non-hydrogen) atoms. The fraction of sp³-hybridized carbons (Fsp3) is 0.333. The van der Waals surface area contributed by atoms with E-state index in [-0.39, 0.29) is 35.5 Å². The van der Waals surface area contributed by atoms with Gasteiger partial charge in [0, 0.05) is 19.7 Å². The second-order valence-corrected chi connectivity index (χ2v) is 6.68. The molecule has 0 aliphatic carbocycles. The lowest BCUT2D eigenvalue weighted by Crippen LogP contribution is -2.30. The third-order valence-corrected chi connectivity index (χ3v) is 4.41. The van der Waals surface area contributed by atoms with Gasteiger partial charge in [-0.3, -0.25) is 9.59 Å². The number of nitrogens with one attached hydrogen (secondary N) is 1. The highest BCUT2D eigenvalue weighted by Gasteiger charge is 2.20. The molecule has 1 aromatic heterocycles. The van der Waals surface area contributed by atoms with E-state index in [2.05, 4.69) is 10.3 Å². The molecule has 2 N–H and O–H groups in total. The molecule has 0 saturated carbocycles. The molecular formula is C21H25N3O5. The topological polar surface area (TPSA) is 109 Å². The van der Waals surface area contributed by atoms with Gasteiger partial charge in [0.1, 0.15) is 11.4 Å². The number of hydrogen-bond donors (Lipinski definition) is 2. The summed E-state index contributed by atoms with van der Waals surface area (Å²) in [6.45, 7) is 3.35. The summed E-state index contributed by atoms with van der Waals surface area (Å²) in [4.78, 5) is 41.1. The molecule has 0 radical (unpaired) electrons. The van der Waals surface area contributed by atoms with Crippen LogP contribution in [0, 0.1) is 6.92 Å². The standard InChI is InChI=1S/C21H25N3O5/c1-5-16(15-8-6-7-9-18(15)29-12-19(25)24(3)4)23-20(26)17-11-10-14(21(27)28)13(2)22-17/h6-11,16H,5,12H2,1-4H3,(H,23,26)(H,27,28). The average molecular weight is 399 g/mol. The Kier molecular flexibility index (Phi) is 7.30. The number of carbonyl (C=O) groups is 3. The number of carboxylic acid groups (broad SMARTS) is 1. The first-order valence-corrected chi connectivity index (χ1v) is 9.18. The van der Waals surface area contributed by atoms with Crippen LogP contribution in [0.3, 0.4) is 0 Å². The fourth-order valence-electron chi connectivity index (χ4n) is 2.71. The van der Waals surface area contributed by atoms with Crippen molar-refractivity contribution in [1.29, 1.82) is 0 Å². The van der Waals surface area contributed by atoms with Crippen LogP contribution in [0.4, 0.5) is 0 Å². The van der Waals surface area contributed by atoms with Crippen LogP contribution in [0.15, 0.2) is 36.4 Å². The van der Waals surface area contributed by atoms with Crippen LogP contribution in [0.5, 0.6) is 5.75 Å². The highest BCUT2D eigenvalue weighted by molar-refractivity contribution is 5.94. The molecule has 0 aliphatic heterocycles. The number of aryl methyl sites for hydroxylation is 1. The van der Waals surface area contributed by atoms with Crippen LogP contribution < -0.4 is 10.1 Å². The Balaban J connectivity index is 2.20. The summed E-state index contributed by atoms with van der Waals surface area (Å²) in [5, 5.41) is 12.0. The van der Waals surface area contributed by atoms with Crippen LogP contribution in [0.25, 0.3) is 0 Å². The number of likely N-dealkylation sites (N-methyl/N-ethyl adjacent to an activating group) is 1. The molecule has 1 aromatic carbocycles. The summed E-state index contributed by atoms with van der Waals surface area (Å²) in [5.41, 5.74) is 1.20. The maximum Gasteiger partial charge on any atom is 0.337 e. The van der Waals surface area contributed by atoms with E-state index in [0.717, 1.165) is 5.56 Å². The van der Waals surface area contributed by atoms with Crippen molar-refractivity contribution >= 4 is 17.8 Å². The zero-order valence-electron chi connectivity index (χ0n) is 16.9. The van der Waals surface area contributed by atoms with Gasteiger partial charge in [-0.1, -0.05) is 25.1 Å². The summed E-state index contributed by atoms with van der Waals surface area (Å²) in [6, 6.07) is 9.58. The van der Waals surface area contributed by atoms with Crippen molar-refractivity contribution < 1.29 is 24.2 Å². The van der Waals surface area contributed by atoms with Crippen LogP contribution in [0.2, 0.25) is 0 Å². The van der Waals surface area contributed by atoms with Gasteiger partial charge < -0.3 is 20.1 Å². The normalized spacial score (nSPS) is 11.4. The van der Waals surface area contributed by atoms with E-state index >= 15 is 0 Å². The minimum Gasteiger partial charge on any atom is -0.483 e. The summed E-state index contributed by atoms with van der Waals surface area (Å²) in [5.74, 6) is -1.17. The Morgan fingerprint density at radius 2 is 1.86 bits per heavy atom. The smallest absolute Gasteiger partial charge is 0.337 e. The minimum absolute atomic E-state index is 0.0536. The minimum atomic E-state index is -1.09. The number of para-hydroxylation sites is 1. The molecule has 1 atom stereocenters. The van der Waals surface area contributed by atoms with Crippen molar-refractivity contribution in [3.05, 3.63) is 58.9 Å². The fourth-order valence-corrected chi connectivity index (χ4v) is 2.71. The number of aromatic nitrogens is 1. The predicted molar refractivity (Wildman–Crippen MR) is 107 cm³/mol. The third kappa shape index (κ3) is 5.54. The Bertz CT molecular complexity index is 911. The maximum atomic E-state index is 12.7. The molecule has 2 rings (SSSR count). The van der Waals surface area contributed by atoms with Crippen LogP contribution >= 0.6 is 0 Å². The van der Waals surface area contributed by atoms with Gasteiger partial charge in [-0.05, 0) is 31.5 Å². The lowest BCUT2D eigenvalue weighted by Gasteiger charge is -2.21. The van der Waals surface area contributed by atoms with Crippen LogP contribution in [-0.4, -0.2) is 53.5 Å². The number of amides is 2. The maximum absolute atomic E-state index is 12.7. The summed E-state index contributed by atoms with van der Waals surface area (Å²) in [7, 11) is 3.30. The van der Waals surface area contributed by atoms with Gasteiger partial charge in [-0.2, -0.15) is 0 Å². The molecule has 0 saturated heterocycles. The number of aromatic carboxylic acids is 1. The van der Waals surface area contributed by atoms with Crippen molar-refractivity contribution in [3.8, 4) is 5.75 Å². The Morgan fingerprint density at radius 3 is 2.45 bits per heavy atom. The van der Waals surface area contributed by atoms with Gasteiger partial charge in [0.15, 0.2) is 6.61 Å². The van der Waals surface area contributed by atoms with E-state index < -0.39 is 11.9 Å². The van der Waals surface area contributed by atoms with Gasteiger partial charge in [0.2, 0.25) is 0 Å². The molecule has 2 aromatic rings. The SMILES string of the molecule is CCC(NC(=O)c1ccc(C(=O)O)c(C)n1)c1ccccc1OCC(=O)N(C)C. The Labute approximate surface area is 169 Å². The summed E-state index contributed by atoms with van der Waals surface area (Å²) >= 11 is 0. The predicted octanol–water partition coefficient (Wildman–Crippen LogP) is 2.44. The second kappa shape index (κ2) is 9.68. The number of benzene rings is 1. The molecule has 0 spiro atoms. The van der Waals surface area contributed by atoms with Crippen molar-refractivity contribution in [1.82, 2.24) is 15.2 Å². The number of nitrogens with zero attached hydrogens (tertiary/aromatic N) is 2. The monoisotopic (exact) mass is 399 g/mol. The average Bonchev–Trinajstić information content (AvgIpc) is 2.69. The number of pyridine rings is 1. The van der Waals surface area contributed by atoms with Crippen LogP contribution in [0.1, 0.15) is 51.5 Å². The lowest BCUT2D eigenvalue weighted by atomic mass is 10.0. The highest BCUT2D eigenvalue weighted by atomic mass is 16.5. The first kappa shape index (κ1) is 21.9. The number of carbonyl (C=O) groups excluding carboxylic acids is 2. The quantitative estimate of drug-likeness (QED) is 0.706. The molecule has 0 aliphatic rings. The number of rotatable bonds is 8. The number of hydrogen-bond acceptors (Lipinski definition) is 5. The molecule has 154 valence electrons. The molecule has 8 heteroatoms. The largest absolute Gasteiger partial charge is 0.483 e. The first-order chi connectivity index (χ1) is 13.7. The number of ether oxygens (including phenoxy) is 1. The highest BCUT2D eigenvalue weighted by Crippen LogP contribution is 2.27. The summed E-state index contributed by atoms with van der Waals surface area (Å²) in [6.07, 6.45) is 0.583. The zero-order chi connectivity index (χ0) is 21.6. The summed E-state index contributed by atoms with van der Waals surface area (Å²) < 4.78 is 5.67. The molecule has 8 nitrogen and oxygen atoms in total. The zero-order valence-corrected chi connectivity index (χ0v) is 16.9. The molecule has 1 unspecified atom stereocenters. The van der Waals surface area contributed by atoms with Crippen molar-refractivity contribution in [2.24, 2.45) is 0 Å². The van der Waals surface area contributed by atoms with Gasteiger partial charge >= 0.3 is 5.97 Å². The van der Waals surface area contributed by atoms with E-state index in [1.54, 1.807) is 33.2 Å². The lowest BCUT2D eigenvalue weighted by molar-refractivity contribution is -0.130. The van der Waals surface area contributed by atoms with Gasteiger partial charge in [-0.15, -0.1) is 0 Å². The van der Waals surface area contributed by atoms with Gasteiger partial charge in [0.05, 0.1) is 17.3 Å². The second-order valence-electron chi connectivity index (χ2n) is 6.68. The van der Waals surface area contributed by atoms with Crippen LogP contribution in [-0.2, 0) is 4.79 Å². The van der Waals surface area contributed by atoms with Gasteiger partial charge in [0.25, 0.3) is 11.8 Å². The molecule has 0 bridgehead atoms. The Morgan fingerprint density at radius 1 is 1.17 bits per heavy atom. The van der Waals surface area contributed by atoms with Crippen molar-refractivity contribution in [3.63, 3.8) is 0 Å². The van der Waals surface area contributed by atoms with E-state index in [1.807, 2.05) is 19.1 Å². The van der Waals surface area contributed by atoms with E-state index in [4.69, 9.17) is 9.84 Å². The van der Waals surface area contributed by atoms with E-state index in [9.17, 15) is 14.4 Å². The first-order valence-electron chi connectivity index (χ1n) is 9.18. The molecule has 1 heterocycles. The van der Waals surface area contributed by atoms with Gasteiger partial charge in [-0.25, -0.2) is 9.78 Å².